The van der Waals surface area contributed by atoms with Gasteiger partial charge in [0, 0.05) is 19.3 Å². The first-order valence-electron chi connectivity index (χ1n) is 7.02. The highest BCUT2D eigenvalue weighted by Crippen LogP contribution is 2.13. The third-order valence-corrected chi connectivity index (χ3v) is 3.51. The van der Waals surface area contributed by atoms with E-state index in [1.165, 1.54) is 6.07 Å². The van der Waals surface area contributed by atoms with Gasteiger partial charge in [0.25, 0.3) is 5.91 Å². The molecule has 0 aromatic carbocycles. The smallest absolute Gasteiger partial charge is 0.345 e. The van der Waals surface area contributed by atoms with Gasteiger partial charge in [-0.25, -0.2) is 0 Å². The van der Waals surface area contributed by atoms with Crippen molar-refractivity contribution in [1.29, 1.82) is 0 Å². The first-order valence-corrected chi connectivity index (χ1v) is 7.39. The van der Waals surface area contributed by atoms with Crippen LogP contribution in [0.5, 0.6) is 0 Å². The summed E-state index contributed by atoms with van der Waals surface area (Å²) in [7, 11) is 0. The molecule has 10 heteroatoms. The molecule has 0 fully saturated rings. The van der Waals surface area contributed by atoms with Crippen LogP contribution in [0.25, 0.3) is 0 Å². The summed E-state index contributed by atoms with van der Waals surface area (Å²) < 4.78 is 2.80. The number of aryl methyl sites for hydroxylation is 3. The lowest BCUT2D eigenvalue weighted by Gasteiger charge is -2.04. The number of hydrogen-bond donors (Lipinski definition) is 1. The van der Waals surface area contributed by atoms with E-state index in [9.17, 15) is 14.9 Å². The monoisotopic (exact) mass is 340 g/mol. The second-order valence-corrected chi connectivity index (χ2v) is 5.49. The molecule has 2 heterocycles. The second-order valence-electron chi connectivity index (χ2n) is 5.09. The average molecular weight is 341 g/mol. The molecule has 1 N–H and O–H groups in total. The maximum atomic E-state index is 11.8. The molecule has 0 atom stereocenters. The van der Waals surface area contributed by atoms with Gasteiger partial charge in [-0.05, 0) is 25.2 Å². The van der Waals surface area contributed by atoms with Gasteiger partial charge in [0.1, 0.15) is 0 Å². The summed E-state index contributed by atoms with van der Waals surface area (Å²) >= 11 is 5.91. The molecule has 0 aliphatic heterocycles. The number of hydrogen-bond acceptors (Lipinski definition) is 5. The molecule has 0 aliphatic carbocycles. The Hall–Kier alpha value is -2.42. The summed E-state index contributed by atoms with van der Waals surface area (Å²) in [6.07, 6.45) is 2.40. The number of rotatable bonds is 7. The number of carbonyl (C=O) groups excluding carboxylic acids is 1. The van der Waals surface area contributed by atoms with Crippen LogP contribution in [0.3, 0.4) is 0 Å². The molecule has 0 aliphatic rings. The molecule has 0 saturated carbocycles. The lowest BCUT2D eigenvalue weighted by molar-refractivity contribution is -0.392. The van der Waals surface area contributed by atoms with Crippen molar-refractivity contribution in [3.05, 3.63) is 38.8 Å². The fraction of sp³-hybridized carbons (Fsp3) is 0.462. The van der Waals surface area contributed by atoms with Crippen molar-refractivity contribution < 1.29 is 9.72 Å². The standard InChI is InChI=1S/C13H17ClN6O3/c1-9-6-13(20(22)23)19(16-9)8-12(21)15-4-3-5-18-7-11(14)10(2)17-18/h6-7H,3-5,8H2,1-2H3,(H,15,21). The first kappa shape index (κ1) is 16.9. The Kier molecular flexibility index (Phi) is 5.32. The van der Waals surface area contributed by atoms with E-state index in [0.29, 0.717) is 30.2 Å². The van der Waals surface area contributed by atoms with Gasteiger partial charge in [-0.3, -0.25) is 9.48 Å². The Balaban J connectivity index is 1.78. The van der Waals surface area contributed by atoms with Gasteiger partial charge in [-0.2, -0.15) is 5.10 Å². The predicted octanol–water partition coefficient (Wildman–Crippen LogP) is 1.46. The molecular formula is C13H17ClN6O3. The zero-order chi connectivity index (χ0) is 17.0. The molecule has 0 spiro atoms. The largest absolute Gasteiger partial charge is 0.358 e. The van der Waals surface area contributed by atoms with Gasteiger partial charge in [-0.15, -0.1) is 4.68 Å². The van der Waals surface area contributed by atoms with E-state index >= 15 is 0 Å². The van der Waals surface area contributed by atoms with Gasteiger partial charge in [0.05, 0.1) is 22.5 Å². The third-order valence-electron chi connectivity index (χ3n) is 3.13. The maximum absolute atomic E-state index is 11.8. The predicted molar refractivity (Wildman–Crippen MR) is 83.2 cm³/mol. The quantitative estimate of drug-likeness (QED) is 0.466. The Bertz CT molecular complexity index is 704. The van der Waals surface area contributed by atoms with Gasteiger partial charge < -0.3 is 15.4 Å². The highest BCUT2D eigenvalue weighted by atomic mass is 35.5. The van der Waals surface area contributed by atoms with E-state index in [2.05, 4.69) is 15.5 Å². The van der Waals surface area contributed by atoms with E-state index in [1.807, 2.05) is 6.92 Å². The summed E-state index contributed by atoms with van der Waals surface area (Å²) in [4.78, 5) is 22.1. The second kappa shape index (κ2) is 7.23. The van der Waals surface area contributed by atoms with E-state index in [1.54, 1.807) is 17.8 Å². The van der Waals surface area contributed by atoms with E-state index in [-0.39, 0.29) is 18.3 Å². The minimum Gasteiger partial charge on any atom is -0.358 e. The maximum Gasteiger partial charge on any atom is 0.345 e. The summed E-state index contributed by atoms with van der Waals surface area (Å²) in [6, 6.07) is 1.33. The number of amides is 1. The molecule has 0 saturated heterocycles. The lowest BCUT2D eigenvalue weighted by Crippen LogP contribution is -2.29. The number of nitrogens with one attached hydrogen (secondary N) is 1. The van der Waals surface area contributed by atoms with Crippen LogP contribution < -0.4 is 5.32 Å². The molecule has 1 amide bonds. The topological polar surface area (TPSA) is 108 Å². The van der Waals surface area contributed by atoms with Gasteiger partial charge in [0.15, 0.2) is 6.54 Å². The minimum absolute atomic E-state index is 0.184. The van der Waals surface area contributed by atoms with Crippen LogP contribution in [0.4, 0.5) is 5.82 Å². The molecule has 0 unspecified atom stereocenters. The Morgan fingerprint density at radius 3 is 2.78 bits per heavy atom. The summed E-state index contributed by atoms with van der Waals surface area (Å²) in [6.45, 7) is 4.33. The van der Waals surface area contributed by atoms with Crippen molar-refractivity contribution in [2.75, 3.05) is 6.54 Å². The molecule has 9 nitrogen and oxygen atoms in total. The molecule has 124 valence electrons. The van der Waals surface area contributed by atoms with Gasteiger partial charge >= 0.3 is 5.82 Å². The molecule has 23 heavy (non-hydrogen) atoms. The fourth-order valence-electron chi connectivity index (χ4n) is 2.06. The molecule has 0 radical (unpaired) electrons. The number of aromatic nitrogens is 4. The minimum atomic E-state index is -0.558. The highest BCUT2D eigenvalue weighted by molar-refractivity contribution is 6.31. The average Bonchev–Trinajstić information content (AvgIpc) is 2.98. The van der Waals surface area contributed by atoms with Crippen LogP contribution in [0.15, 0.2) is 12.3 Å². The summed E-state index contributed by atoms with van der Waals surface area (Å²) in [5, 5.41) is 22.3. The normalized spacial score (nSPS) is 10.7. The molecule has 2 rings (SSSR count). The molecule has 0 bridgehead atoms. The van der Waals surface area contributed by atoms with Crippen molar-refractivity contribution >= 4 is 23.3 Å². The summed E-state index contributed by atoms with van der Waals surface area (Å²) in [5.74, 6) is -0.523. The summed E-state index contributed by atoms with van der Waals surface area (Å²) in [5.41, 5.74) is 1.26. The highest BCUT2D eigenvalue weighted by Gasteiger charge is 2.19. The van der Waals surface area contributed by atoms with Gasteiger partial charge in [-0.1, -0.05) is 16.7 Å². The fourth-order valence-corrected chi connectivity index (χ4v) is 2.21. The van der Waals surface area contributed by atoms with E-state index in [4.69, 9.17) is 11.6 Å². The van der Waals surface area contributed by atoms with Crippen molar-refractivity contribution in [2.24, 2.45) is 0 Å². The van der Waals surface area contributed by atoms with Crippen molar-refractivity contribution in [3.8, 4) is 0 Å². The van der Waals surface area contributed by atoms with Crippen LogP contribution >= 0.6 is 11.6 Å². The number of carbonyl (C=O) groups is 1. The number of nitrogens with zero attached hydrogens (tertiary/aromatic N) is 5. The Morgan fingerprint density at radius 2 is 2.17 bits per heavy atom. The first-order chi connectivity index (χ1) is 10.9. The molecule has 2 aromatic rings. The van der Waals surface area contributed by atoms with Crippen molar-refractivity contribution in [1.82, 2.24) is 24.9 Å². The SMILES string of the molecule is Cc1cc([N+](=O)[O-])n(CC(=O)NCCCn2cc(Cl)c(C)n2)n1. The van der Waals surface area contributed by atoms with Crippen molar-refractivity contribution in [3.63, 3.8) is 0 Å². The molecule has 2 aromatic heterocycles. The van der Waals surface area contributed by atoms with E-state index in [0.717, 1.165) is 10.4 Å². The van der Waals surface area contributed by atoms with E-state index < -0.39 is 4.92 Å². The van der Waals surface area contributed by atoms with Crippen molar-refractivity contribution in [2.45, 2.75) is 33.4 Å². The number of nitro groups is 1. The van der Waals surface area contributed by atoms with Gasteiger partial charge in [0.2, 0.25) is 0 Å². The van der Waals surface area contributed by atoms with Crippen LogP contribution in [0, 0.1) is 24.0 Å². The molecular weight excluding hydrogens is 324 g/mol. The van der Waals surface area contributed by atoms with Crippen LogP contribution in [0.1, 0.15) is 17.8 Å². The Labute approximate surface area is 137 Å². The van der Waals surface area contributed by atoms with Crippen LogP contribution in [-0.2, 0) is 17.9 Å². The lowest BCUT2D eigenvalue weighted by atomic mass is 10.4. The zero-order valence-corrected chi connectivity index (χ0v) is 13.6. The Morgan fingerprint density at radius 1 is 1.43 bits per heavy atom. The zero-order valence-electron chi connectivity index (χ0n) is 12.8. The van der Waals surface area contributed by atoms with Crippen LogP contribution in [0.2, 0.25) is 5.02 Å². The van der Waals surface area contributed by atoms with Crippen LogP contribution in [-0.4, -0.2) is 36.9 Å². The third kappa shape index (κ3) is 4.52. The number of halogens is 1.